The van der Waals surface area contributed by atoms with Gasteiger partial charge in [0.2, 0.25) is 19.7 Å². The van der Waals surface area contributed by atoms with Gasteiger partial charge in [-0.2, -0.15) is 0 Å². The number of hydrogen-bond acceptors (Lipinski definition) is 34. The van der Waals surface area contributed by atoms with Gasteiger partial charge >= 0.3 is 53.7 Å². The SMILES string of the molecule is BrCc1ccccc1.CC(O)C(=O)OCC(COC(=O)C(C)O)OC(=O)C(C)O.CC(OCc1ccccc1)C(=O)Cl.CC(OCc1ccccc1)C(=O)Cl.CC(OCc1ccccc1)C(=O)O.CC(OCc1ccccc1)C(=O)OCC(COC(=O)C(C)OCc1ccccc1)OC(=O)C(C)Oc1ccccc1.COC(=O)C(C)O.COC(=O)C(C)OCc1ccccc1.Cl.O.O.O=S(Cl)Cl.OCC(O)CO.[Ac].[Ac]. The van der Waals surface area contributed by atoms with Crippen LogP contribution in [0.3, 0.4) is 0 Å². The maximum absolute atomic E-state index is 12.8. The number of carboxylic acid groups (broad SMARTS) is 1. The molecule has 145 heavy (non-hydrogen) atoms. The van der Waals surface area contributed by atoms with Crippen LogP contribution in [0.2, 0.25) is 0 Å². The Morgan fingerprint density at radius 1 is 0.317 bits per heavy atom. The van der Waals surface area contributed by atoms with Crippen LogP contribution in [0.1, 0.15) is 115 Å². The van der Waals surface area contributed by atoms with Gasteiger partial charge in [0.25, 0.3) is 0 Å². The summed E-state index contributed by atoms with van der Waals surface area (Å²) in [5, 5.41) is 67.9. The minimum atomic E-state index is -1.67. The number of esters is 8. The number of halogens is 6. The molecule has 0 fully saturated rings. The number of hydrogen-bond donors (Lipinski definition) is 8. The summed E-state index contributed by atoms with van der Waals surface area (Å²) in [7, 11) is 9.94. The van der Waals surface area contributed by atoms with Crippen LogP contribution < -0.4 is 4.74 Å². The molecule has 11 unspecified atom stereocenters. The van der Waals surface area contributed by atoms with Crippen molar-refractivity contribution in [1.29, 1.82) is 0 Å². The maximum atomic E-state index is 12.8. The molecule has 0 aliphatic rings. The van der Waals surface area contributed by atoms with Crippen LogP contribution in [0.4, 0.5) is 0 Å². The number of carboxylic acids is 1. The summed E-state index contributed by atoms with van der Waals surface area (Å²) < 4.78 is 85.6. The molecule has 0 bridgehead atoms. The van der Waals surface area contributed by atoms with E-state index in [0.29, 0.717) is 32.2 Å². The van der Waals surface area contributed by atoms with Crippen LogP contribution in [0, 0.1) is 88.1 Å². The third-order valence-electron chi connectivity index (χ3n) is 16.8. The van der Waals surface area contributed by atoms with Gasteiger partial charge in [0, 0.05) is 115 Å². The van der Waals surface area contributed by atoms with Crippen LogP contribution in [0.15, 0.2) is 243 Å². The Hall–Kier alpha value is -7.51. The average molecular weight is 2660 g/mol. The number of rotatable bonds is 44. The van der Waals surface area contributed by atoms with E-state index in [1.54, 1.807) is 58.9 Å². The number of aliphatic hydroxyl groups excluding tert-OH is 7. The first kappa shape index (κ1) is 150. The summed E-state index contributed by atoms with van der Waals surface area (Å²) >= 11 is 13.8. The van der Waals surface area contributed by atoms with Gasteiger partial charge in [-0.3, -0.25) is 9.59 Å². The zero-order valence-electron chi connectivity index (χ0n) is 82.3. The van der Waals surface area contributed by atoms with Gasteiger partial charge in [-0.1, -0.05) is 246 Å². The third-order valence-corrected chi connectivity index (χ3v) is 18.1. The van der Waals surface area contributed by atoms with Crippen molar-refractivity contribution < 1.29 is 268 Å². The van der Waals surface area contributed by atoms with E-state index in [1.165, 1.54) is 61.3 Å². The van der Waals surface area contributed by atoms with Crippen LogP contribution in [-0.4, -0.2) is 260 Å². The third kappa shape index (κ3) is 83.0. The molecule has 0 spiro atoms. The van der Waals surface area contributed by atoms with Gasteiger partial charge in [-0.05, 0) is 150 Å². The number of carbonyl (C=O) groups excluding carboxylic acids is 10. The second-order valence-corrected chi connectivity index (χ2v) is 32.7. The summed E-state index contributed by atoms with van der Waals surface area (Å²) in [6, 6.07) is 76.3. The molecule has 12 N–H and O–H groups in total. The van der Waals surface area contributed by atoms with Gasteiger partial charge < -0.3 is 123 Å². The summed E-state index contributed by atoms with van der Waals surface area (Å²) in [5.74, 6) is -6.31. The summed E-state index contributed by atoms with van der Waals surface area (Å²) in [5.41, 5.74) is 7.23. The van der Waals surface area contributed by atoms with Crippen molar-refractivity contribution in [2.24, 2.45) is 0 Å². The molecule has 0 amide bonds. The maximum Gasteiger partial charge on any atom is 0.347 e. The molecule has 0 aliphatic carbocycles. The minimum absolute atomic E-state index is 0. The van der Waals surface area contributed by atoms with Crippen LogP contribution in [0.25, 0.3) is 0 Å². The minimum Gasteiger partial charge on any atom is -0.479 e. The number of methoxy groups -OCH3 is 2. The van der Waals surface area contributed by atoms with Crippen molar-refractivity contribution in [1.82, 2.24) is 0 Å². The first-order valence-corrected chi connectivity index (χ1v) is 47.6. The summed E-state index contributed by atoms with van der Waals surface area (Å²) in [6.07, 6.45) is -13.4. The first-order chi connectivity index (χ1) is 66.4. The fraction of sp³-hybridized carbons (Fsp3) is 0.404. The number of ether oxygens (including phenoxy) is 15. The number of carbonyl (C=O) groups is 11. The standard InChI is InChI=1S/C32H36O9.C12H20O9.C11H14O3.2C10H11ClO2.C10H12O3.C7H7Br.C4H8O3.C3H8O3.2Ac.Cl2OS.ClH.2H2O/c1-23(36-19-26-13-7-4-8-14-26)30(33)38-21-29(41-32(35)25(3)40-28-17-11-6-12-18-28)22-39-31(34)24(2)37-20-27-15-9-5-10-16-27;1-6(13)10(16)19-4-9(21-12(18)8(3)15)5-20-11(17)7(2)14;1-9(11(12)13-2)14-8-10-6-4-3-5-7-10;3*1-8(10(11)12)13-7-9-5-3-2-4-6-9;8-6-7-4-2-1-3-5-7;1-3(5)4(6)7-2;4-1-3(6)2-5;;;1-4(2)3;;;/h4-18,23-25,29H,19-22H2,1-3H3;6-9,13-15H,4-5H2,1-3H3;3-7,9H,8H2,1-2H3;2*2-6,8H,7H2,1H3;2-6,8H,7H2,1H3,(H,11,12);1-5H,6H2;3,5H,1-2H3;3-6H,1-2H2;;;;1H;2*1H2. The number of para-hydroxylation sites is 1. The molecule has 0 saturated carbocycles. The van der Waals surface area contributed by atoms with E-state index in [0.717, 1.165) is 38.7 Å². The van der Waals surface area contributed by atoms with Crippen molar-refractivity contribution in [3.05, 3.63) is 282 Å². The van der Waals surface area contributed by atoms with E-state index >= 15 is 0 Å². The average Bonchev–Trinajstić information content (AvgIpc) is 0.900. The normalized spacial score (nSPS) is 12.5. The van der Waals surface area contributed by atoms with Crippen LogP contribution in [0.5, 0.6) is 5.75 Å². The molecule has 8 rings (SSSR count). The summed E-state index contributed by atoms with van der Waals surface area (Å²) in [4.78, 5) is 124. The second-order valence-electron chi connectivity index (χ2n) is 28.9. The Morgan fingerprint density at radius 2 is 0.531 bits per heavy atom. The van der Waals surface area contributed by atoms with E-state index < -0.39 is 166 Å². The Kier molecular flexibility index (Phi) is 98.5. The van der Waals surface area contributed by atoms with Gasteiger partial charge in [-0.25, -0.2) is 47.4 Å². The Labute approximate surface area is 952 Å². The largest absolute Gasteiger partial charge is 0.479 e. The molecule has 804 valence electrons. The molecule has 0 aliphatic heterocycles. The van der Waals surface area contributed by atoms with E-state index in [2.05, 4.69) is 68.4 Å². The fourth-order valence-corrected chi connectivity index (χ4v) is 9.32. The zero-order chi connectivity index (χ0) is 106. The Morgan fingerprint density at radius 3 is 0.731 bits per heavy atom. The quantitative estimate of drug-likeness (QED) is 0.00761. The van der Waals surface area contributed by atoms with E-state index in [1.807, 2.05) is 206 Å². The monoisotopic (exact) mass is 2650 g/mol. The number of alkyl halides is 1. The molecule has 37 nitrogen and oxygen atoms in total. The fourth-order valence-electron chi connectivity index (χ4n) is 8.82. The van der Waals surface area contributed by atoms with Crippen molar-refractivity contribution in [3.63, 3.8) is 0 Å². The smallest absolute Gasteiger partial charge is 0.347 e. The molecule has 8 aromatic carbocycles. The predicted molar refractivity (Wildman–Crippen MR) is 538 cm³/mol. The van der Waals surface area contributed by atoms with Gasteiger partial charge in [-0.15, -0.1) is 12.4 Å². The molecule has 11 atom stereocenters. The number of benzene rings is 8. The Balaban J connectivity index is -0.000000314. The molecule has 0 saturated heterocycles. The van der Waals surface area contributed by atoms with Crippen molar-refractivity contribution in [2.75, 3.05) is 53.9 Å². The summed E-state index contributed by atoms with van der Waals surface area (Å²) in [6.45, 7) is 15.7. The number of aliphatic carboxylic acids is 1. The van der Waals surface area contributed by atoms with Gasteiger partial charge in [0.15, 0.2) is 42.7 Å². The Bertz CT molecular complexity index is 4440. The molecule has 46 heteroatoms. The molecule has 2 radical (unpaired) electrons. The second kappa shape index (κ2) is 94.9. The predicted octanol–water partition coefficient (Wildman–Crippen LogP) is 11.2. The number of aliphatic hydroxyl groups is 7. The van der Waals surface area contributed by atoms with Crippen LogP contribution >= 0.6 is 72.9 Å². The van der Waals surface area contributed by atoms with E-state index in [-0.39, 0.29) is 157 Å². The molecule has 0 heterocycles. The van der Waals surface area contributed by atoms with Gasteiger partial charge in [0.1, 0.15) is 74.9 Å². The molecular weight excluding hydrogens is 2520 g/mol. The molecular formula is C99H132Ac2BrCl5O37S. The van der Waals surface area contributed by atoms with Gasteiger partial charge in [0.05, 0.1) is 67.1 Å². The molecule has 8 aromatic rings. The molecule has 0 aromatic heterocycles. The van der Waals surface area contributed by atoms with Crippen molar-refractivity contribution in [2.45, 2.75) is 207 Å². The van der Waals surface area contributed by atoms with Crippen molar-refractivity contribution >= 4 is 146 Å². The topological polar surface area (TPSA) is 568 Å². The van der Waals surface area contributed by atoms with Crippen molar-refractivity contribution in [3.8, 4) is 5.75 Å². The van der Waals surface area contributed by atoms with E-state index in [4.69, 9.17) is 120 Å². The first-order valence-electron chi connectivity index (χ1n) is 42.9. The zero-order valence-corrected chi connectivity index (χ0v) is 98.1. The van der Waals surface area contributed by atoms with E-state index in [9.17, 15) is 52.7 Å². The van der Waals surface area contributed by atoms with Crippen LogP contribution in [-0.2, 0) is 173 Å².